The van der Waals surface area contributed by atoms with E-state index in [1.165, 1.54) is 0 Å². The number of hydrogen-bond donors (Lipinski definition) is 0. The molecule has 0 fully saturated rings. The number of halogens is 5. The summed E-state index contributed by atoms with van der Waals surface area (Å²) in [4.78, 5) is 6.14. The first-order valence-electron chi connectivity index (χ1n) is 7.79. The summed E-state index contributed by atoms with van der Waals surface area (Å²) in [6, 6.07) is 5.38. The average molecular weight is 375 g/mol. The molecule has 0 radical (unpaired) electrons. The zero-order chi connectivity index (χ0) is 18.6. The summed E-state index contributed by atoms with van der Waals surface area (Å²) >= 11 is 5.93. The Kier molecular flexibility index (Phi) is 6.41. The first-order chi connectivity index (χ1) is 11.7. The van der Waals surface area contributed by atoms with E-state index < -0.39 is 17.6 Å². The molecule has 25 heavy (non-hydrogen) atoms. The third-order valence-corrected chi connectivity index (χ3v) is 4.16. The van der Waals surface area contributed by atoms with Crippen LogP contribution in [0.3, 0.4) is 0 Å². The van der Waals surface area contributed by atoms with Crippen LogP contribution in [0.5, 0.6) is 0 Å². The number of alkyl halides is 3. The summed E-state index contributed by atoms with van der Waals surface area (Å²) in [6.45, 7) is 3.34. The van der Waals surface area contributed by atoms with Gasteiger partial charge in [0.05, 0.1) is 5.56 Å². The normalized spacial score (nSPS) is 13.3. The van der Waals surface area contributed by atoms with E-state index in [4.69, 9.17) is 11.6 Å². The molecule has 0 N–H and O–H groups in total. The molecule has 1 aromatic heterocycles. The molecule has 7 heteroatoms. The van der Waals surface area contributed by atoms with Crippen LogP contribution in [0, 0.1) is 11.7 Å². The highest BCUT2D eigenvalue weighted by atomic mass is 35.5. The predicted octanol–water partition coefficient (Wildman–Crippen LogP) is 5.20. The van der Waals surface area contributed by atoms with Gasteiger partial charge in [-0.2, -0.15) is 13.2 Å². The number of pyridine rings is 1. The maximum absolute atomic E-state index is 13.7. The van der Waals surface area contributed by atoms with Crippen LogP contribution in [0.4, 0.5) is 17.6 Å². The molecule has 0 aliphatic carbocycles. The number of rotatable bonds is 6. The summed E-state index contributed by atoms with van der Waals surface area (Å²) in [5, 5.41) is -0.0597. The van der Waals surface area contributed by atoms with E-state index in [2.05, 4.69) is 9.88 Å². The van der Waals surface area contributed by atoms with Gasteiger partial charge in [0.2, 0.25) is 0 Å². The Morgan fingerprint density at radius 2 is 2.00 bits per heavy atom. The summed E-state index contributed by atoms with van der Waals surface area (Å²) in [6.07, 6.45) is -0.871. The van der Waals surface area contributed by atoms with Crippen LogP contribution in [0.25, 0.3) is 0 Å². The standard InChI is InChI=1S/C18H19ClF4N2/c1-12(10-25(2)11-13-4-3-5-24-9-13)6-14-7-17(20)15(8-16(14)19)18(21,22)23/h3-5,7-9,12H,6,10-11H2,1-2H3. The van der Waals surface area contributed by atoms with Crippen LogP contribution in [0.15, 0.2) is 36.7 Å². The van der Waals surface area contributed by atoms with Gasteiger partial charge in [-0.05, 0) is 48.7 Å². The molecule has 0 saturated carbocycles. The Bertz CT molecular complexity index is 704. The third kappa shape index (κ3) is 5.68. The smallest absolute Gasteiger partial charge is 0.302 e. The molecule has 1 aromatic carbocycles. The molecule has 0 saturated heterocycles. The minimum atomic E-state index is -4.75. The van der Waals surface area contributed by atoms with Gasteiger partial charge >= 0.3 is 6.18 Å². The van der Waals surface area contributed by atoms with Crippen molar-refractivity contribution in [3.8, 4) is 0 Å². The molecule has 0 aliphatic heterocycles. The number of aromatic nitrogens is 1. The maximum atomic E-state index is 13.7. The van der Waals surface area contributed by atoms with Crippen molar-refractivity contribution in [2.24, 2.45) is 5.92 Å². The van der Waals surface area contributed by atoms with Gasteiger partial charge in [-0.25, -0.2) is 4.39 Å². The minimum Gasteiger partial charge on any atom is -0.302 e. The molecule has 2 aromatic rings. The first-order valence-corrected chi connectivity index (χ1v) is 8.17. The lowest BCUT2D eigenvalue weighted by Crippen LogP contribution is -2.25. The minimum absolute atomic E-state index is 0.0597. The van der Waals surface area contributed by atoms with E-state index in [-0.39, 0.29) is 10.9 Å². The van der Waals surface area contributed by atoms with Crippen LogP contribution in [0.2, 0.25) is 5.02 Å². The van der Waals surface area contributed by atoms with Crippen LogP contribution < -0.4 is 0 Å². The molecule has 0 bridgehead atoms. The van der Waals surface area contributed by atoms with Crippen molar-refractivity contribution in [2.45, 2.75) is 26.1 Å². The van der Waals surface area contributed by atoms with Gasteiger partial charge < -0.3 is 4.90 Å². The highest BCUT2D eigenvalue weighted by Gasteiger charge is 2.34. The molecule has 0 spiro atoms. The summed E-state index contributed by atoms with van der Waals surface area (Å²) < 4.78 is 51.8. The number of benzene rings is 1. The monoisotopic (exact) mass is 374 g/mol. The van der Waals surface area contributed by atoms with E-state index in [0.717, 1.165) is 11.6 Å². The van der Waals surface area contributed by atoms with Gasteiger partial charge in [-0.1, -0.05) is 24.6 Å². The predicted molar refractivity (Wildman–Crippen MR) is 89.9 cm³/mol. The first kappa shape index (κ1) is 19.7. The largest absolute Gasteiger partial charge is 0.419 e. The maximum Gasteiger partial charge on any atom is 0.419 e. The van der Waals surface area contributed by atoms with Crippen LogP contribution >= 0.6 is 11.6 Å². The van der Waals surface area contributed by atoms with Crippen LogP contribution in [-0.4, -0.2) is 23.5 Å². The van der Waals surface area contributed by atoms with Gasteiger partial charge in [0.15, 0.2) is 0 Å². The second-order valence-electron chi connectivity index (χ2n) is 6.29. The zero-order valence-electron chi connectivity index (χ0n) is 13.9. The topological polar surface area (TPSA) is 16.1 Å². The fourth-order valence-corrected chi connectivity index (χ4v) is 3.04. The number of nitrogens with zero attached hydrogens (tertiary/aromatic N) is 2. The Hall–Kier alpha value is -1.66. The van der Waals surface area contributed by atoms with Crippen molar-refractivity contribution >= 4 is 11.6 Å². The van der Waals surface area contributed by atoms with Crippen molar-refractivity contribution in [1.29, 1.82) is 0 Å². The number of hydrogen-bond acceptors (Lipinski definition) is 2. The molecule has 2 rings (SSSR count). The molecular formula is C18H19ClF4N2. The molecule has 1 heterocycles. The van der Waals surface area contributed by atoms with Crippen molar-refractivity contribution < 1.29 is 17.6 Å². The van der Waals surface area contributed by atoms with Gasteiger partial charge in [0, 0.05) is 30.5 Å². The molecule has 136 valence electrons. The average Bonchev–Trinajstić information content (AvgIpc) is 2.50. The molecule has 0 amide bonds. The second kappa shape index (κ2) is 8.15. The quantitative estimate of drug-likeness (QED) is 0.646. The molecule has 1 unspecified atom stereocenters. The molecule has 1 atom stereocenters. The van der Waals surface area contributed by atoms with E-state index in [9.17, 15) is 17.6 Å². The van der Waals surface area contributed by atoms with Crippen LogP contribution in [0.1, 0.15) is 23.6 Å². The van der Waals surface area contributed by atoms with Crippen molar-refractivity contribution in [2.75, 3.05) is 13.6 Å². The zero-order valence-corrected chi connectivity index (χ0v) is 14.7. The van der Waals surface area contributed by atoms with Gasteiger partial charge in [-0.3, -0.25) is 4.98 Å². The van der Waals surface area contributed by atoms with E-state index >= 15 is 0 Å². The lowest BCUT2D eigenvalue weighted by molar-refractivity contribution is -0.140. The lowest BCUT2D eigenvalue weighted by atomic mass is 9.99. The second-order valence-corrected chi connectivity index (χ2v) is 6.70. The van der Waals surface area contributed by atoms with E-state index in [1.54, 1.807) is 12.4 Å². The Morgan fingerprint density at radius 1 is 1.28 bits per heavy atom. The molecule has 2 nitrogen and oxygen atoms in total. The highest BCUT2D eigenvalue weighted by Crippen LogP contribution is 2.35. The van der Waals surface area contributed by atoms with Crippen LogP contribution in [-0.2, 0) is 19.1 Å². The summed E-state index contributed by atoms with van der Waals surface area (Å²) in [5.41, 5.74) is 0.118. The highest BCUT2D eigenvalue weighted by molar-refractivity contribution is 6.31. The summed E-state index contributed by atoms with van der Waals surface area (Å²) in [5.74, 6) is -1.20. The van der Waals surface area contributed by atoms with Gasteiger partial charge in [0.1, 0.15) is 5.82 Å². The van der Waals surface area contributed by atoms with Crippen molar-refractivity contribution in [1.82, 2.24) is 9.88 Å². The lowest BCUT2D eigenvalue weighted by Gasteiger charge is -2.22. The molecule has 0 aliphatic rings. The Labute approximate surface area is 149 Å². The van der Waals surface area contributed by atoms with E-state index in [0.29, 0.717) is 31.1 Å². The van der Waals surface area contributed by atoms with Crippen molar-refractivity contribution in [3.63, 3.8) is 0 Å². The SMILES string of the molecule is CC(Cc1cc(F)c(C(F)(F)F)cc1Cl)CN(C)Cc1cccnc1. The summed E-state index contributed by atoms with van der Waals surface area (Å²) in [7, 11) is 1.94. The van der Waals surface area contributed by atoms with Gasteiger partial charge in [-0.15, -0.1) is 0 Å². The van der Waals surface area contributed by atoms with E-state index in [1.807, 2.05) is 26.1 Å². The molecular weight excluding hydrogens is 356 g/mol. The third-order valence-electron chi connectivity index (χ3n) is 3.81. The fraction of sp³-hybridized carbons (Fsp3) is 0.389. The fourth-order valence-electron chi connectivity index (χ4n) is 2.80. The Morgan fingerprint density at radius 3 is 2.60 bits per heavy atom. The van der Waals surface area contributed by atoms with Crippen molar-refractivity contribution in [3.05, 3.63) is 64.2 Å². The Balaban J connectivity index is 2.00. The van der Waals surface area contributed by atoms with Gasteiger partial charge in [0.25, 0.3) is 0 Å².